The van der Waals surface area contributed by atoms with E-state index in [0.29, 0.717) is 0 Å². The zero-order valence-electron chi connectivity index (χ0n) is 19.7. The highest BCUT2D eigenvalue weighted by Gasteiger charge is 2.20. The van der Waals surface area contributed by atoms with Gasteiger partial charge in [-0.25, -0.2) is 4.58 Å². The summed E-state index contributed by atoms with van der Waals surface area (Å²) in [6.07, 6.45) is 6.94. The molecule has 3 rings (SSSR count). The average Bonchev–Trinajstić information content (AvgIpc) is 3.27. The number of nitrogens with zero attached hydrogens (tertiary/aromatic N) is 2. The Morgan fingerprint density at radius 2 is 1.68 bits per heavy atom. The first-order valence-electron chi connectivity index (χ1n) is 11.2. The van der Waals surface area contributed by atoms with Crippen molar-refractivity contribution in [2.75, 3.05) is 31.1 Å². The normalized spacial score (nSPS) is 14.8. The Labute approximate surface area is 198 Å². The van der Waals surface area contributed by atoms with Gasteiger partial charge in [0.05, 0.1) is 0 Å². The summed E-state index contributed by atoms with van der Waals surface area (Å²) in [7, 11) is 0. The van der Waals surface area contributed by atoms with E-state index in [4.69, 9.17) is 0 Å². The molecule has 1 heterocycles. The first-order valence-corrected chi connectivity index (χ1v) is 12.0. The number of thiophene rings is 1. The minimum Gasteiger partial charge on any atom is -1.00 e. The molecule has 0 saturated heterocycles. The fraction of sp³-hybridized carbons (Fsp3) is 0.370. The molecule has 1 aromatic heterocycles. The number of benzene rings is 1. The van der Waals surface area contributed by atoms with Gasteiger partial charge in [0.15, 0.2) is 5.71 Å². The molecule has 0 fully saturated rings. The number of allylic oxidation sites excluding steroid dienone is 5. The molecule has 2 nitrogen and oxygen atoms in total. The first-order chi connectivity index (χ1) is 14.5. The van der Waals surface area contributed by atoms with Gasteiger partial charge in [-0.15, -0.1) is 11.3 Å². The predicted octanol–water partition coefficient (Wildman–Crippen LogP) is 3.72. The lowest BCUT2D eigenvalue weighted by molar-refractivity contribution is -0.519. The second-order valence-electron chi connectivity index (χ2n) is 7.70. The summed E-state index contributed by atoms with van der Waals surface area (Å²) in [6.45, 7) is 17.5. The van der Waals surface area contributed by atoms with Gasteiger partial charge in [0, 0.05) is 41.4 Å². The number of rotatable bonds is 7. The largest absolute Gasteiger partial charge is 1.00 e. The number of hydrogen-bond donors (Lipinski definition) is 0. The van der Waals surface area contributed by atoms with E-state index in [-0.39, 0.29) is 12.4 Å². The summed E-state index contributed by atoms with van der Waals surface area (Å²) in [5.74, 6) is 0. The molecule has 0 unspecified atom stereocenters. The van der Waals surface area contributed by atoms with Crippen LogP contribution in [0.25, 0.3) is 5.57 Å². The Hall–Kier alpha value is -2.10. The highest BCUT2D eigenvalue weighted by Crippen LogP contribution is 2.37. The fourth-order valence-electron chi connectivity index (χ4n) is 4.26. The van der Waals surface area contributed by atoms with E-state index in [0.717, 1.165) is 26.2 Å². The smallest absolute Gasteiger partial charge is 0.200 e. The van der Waals surface area contributed by atoms with Crippen molar-refractivity contribution in [3.63, 3.8) is 0 Å². The molecule has 0 spiro atoms. The van der Waals surface area contributed by atoms with Gasteiger partial charge in [0.1, 0.15) is 13.1 Å². The third-order valence-electron chi connectivity index (χ3n) is 5.98. The van der Waals surface area contributed by atoms with Crippen LogP contribution in [0.5, 0.6) is 0 Å². The summed E-state index contributed by atoms with van der Waals surface area (Å²) in [5, 5.41) is 2.18. The molecule has 31 heavy (non-hydrogen) atoms. The number of halogens is 1. The van der Waals surface area contributed by atoms with Crippen LogP contribution in [0.3, 0.4) is 0 Å². The Balaban J connectivity index is 0.00000341. The Kier molecular flexibility index (Phi) is 9.33. The third-order valence-corrected chi connectivity index (χ3v) is 6.87. The predicted molar refractivity (Wildman–Crippen MR) is 134 cm³/mol. The zero-order chi connectivity index (χ0) is 21.7. The van der Waals surface area contributed by atoms with Gasteiger partial charge < -0.3 is 17.3 Å². The van der Waals surface area contributed by atoms with Crippen molar-refractivity contribution in [2.24, 2.45) is 0 Å². The summed E-state index contributed by atoms with van der Waals surface area (Å²) < 4.78 is 2.41. The highest BCUT2D eigenvalue weighted by atomic mass is 35.5. The van der Waals surface area contributed by atoms with E-state index < -0.39 is 0 Å². The minimum atomic E-state index is 0. The standard InChI is InChI=1S/C27H35N2S.ClH/c1-7-28(8-2)22-13-15-24(20(5)18-22)27(26-12-11-17-30-26)25-16-14-23(19-21(25)6)29(9-3)10-4;/h11-19H,7-10H2,1-6H3;1H/q+1;/p-1. The van der Waals surface area contributed by atoms with E-state index in [1.807, 2.05) is 11.3 Å². The van der Waals surface area contributed by atoms with Gasteiger partial charge in [-0.1, -0.05) is 12.1 Å². The van der Waals surface area contributed by atoms with Crippen LogP contribution in [0, 0.1) is 6.92 Å². The summed E-state index contributed by atoms with van der Waals surface area (Å²) in [5.41, 5.74) is 9.27. The quantitative estimate of drug-likeness (QED) is 0.578. The number of anilines is 1. The molecule has 0 N–H and O–H groups in total. The topological polar surface area (TPSA) is 6.25 Å². The van der Waals surface area contributed by atoms with Gasteiger partial charge >= 0.3 is 0 Å². The van der Waals surface area contributed by atoms with Crippen molar-refractivity contribution in [1.82, 2.24) is 0 Å². The molecule has 4 heteroatoms. The molecule has 166 valence electrons. The van der Waals surface area contributed by atoms with E-state index in [2.05, 4.69) is 105 Å². The molecule has 1 aliphatic rings. The monoisotopic (exact) mass is 454 g/mol. The Morgan fingerprint density at radius 3 is 2.19 bits per heavy atom. The molecule has 1 aliphatic carbocycles. The lowest BCUT2D eigenvalue weighted by atomic mass is 9.88. The molecular formula is C27H35ClN2S. The van der Waals surface area contributed by atoms with Crippen LogP contribution in [0.15, 0.2) is 65.1 Å². The fourth-order valence-corrected chi connectivity index (χ4v) is 5.06. The molecule has 1 aromatic carbocycles. The van der Waals surface area contributed by atoms with Gasteiger partial charge in [0.25, 0.3) is 0 Å². The maximum absolute atomic E-state index is 2.41. The molecule has 0 atom stereocenters. The molecule has 0 amide bonds. The van der Waals surface area contributed by atoms with Crippen LogP contribution >= 0.6 is 11.3 Å². The molecule has 0 saturated carbocycles. The summed E-state index contributed by atoms with van der Waals surface area (Å²) in [6, 6.07) is 11.3. The second kappa shape index (κ2) is 11.5. The van der Waals surface area contributed by atoms with Crippen molar-refractivity contribution < 1.29 is 17.0 Å². The lowest BCUT2D eigenvalue weighted by Crippen LogP contribution is -3.00. The van der Waals surface area contributed by atoms with Gasteiger partial charge in [-0.3, -0.25) is 0 Å². The molecule has 0 radical (unpaired) electrons. The van der Waals surface area contributed by atoms with Gasteiger partial charge in [-0.05, 0) is 93.5 Å². The van der Waals surface area contributed by atoms with Crippen molar-refractivity contribution in [3.05, 3.63) is 81.1 Å². The molecular weight excluding hydrogens is 420 g/mol. The van der Waals surface area contributed by atoms with Crippen molar-refractivity contribution in [3.8, 4) is 0 Å². The summed E-state index contributed by atoms with van der Waals surface area (Å²) in [4.78, 5) is 3.73. The van der Waals surface area contributed by atoms with E-state index in [9.17, 15) is 0 Å². The molecule has 0 bridgehead atoms. The molecule has 2 aromatic rings. The second-order valence-corrected chi connectivity index (χ2v) is 8.64. The number of hydrogen-bond acceptors (Lipinski definition) is 2. The average molecular weight is 455 g/mol. The van der Waals surface area contributed by atoms with Crippen LogP contribution in [-0.2, 0) is 0 Å². The maximum Gasteiger partial charge on any atom is 0.200 e. The first kappa shape index (κ1) is 25.2. The van der Waals surface area contributed by atoms with Gasteiger partial charge in [-0.2, -0.15) is 0 Å². The van der Waals surface area contributed by atoms with Gasteiger partial charge in [0.2, 0.25) is 0 Å². The zero-order valence-corrected chi connectivity index (χ0v) is 21.3. The lowest BCUT2D eigenvalue weighted by Gasteiger charge is -2.23. The Morgan fingerprint density at radius 1 is 0.968 bits per heavy atom. The van der Waals surface area contributed by atoms with E-state index >= 15 is 0 Å². The third kappa shape index (κ3) is 5.39. The van der Waals surface area contributed by atoms with Crippen LogP contribution in [0.4, 0.5) is 5.69 Å². The van der Waals surface area contributed by atoms with Crippen LogP contribution in [-0.4, -0.2) is 36.5 Å². The Bertz CT molecular complexity index is 1000. The van der Waals surface area contributed by atoms with Crippen molar-refractivity contribution in [2.45, 2.75) is 41.5 Å². The highest BCUT2D eigenvalue weighted by molar-refractivity contribution is 7.11. The maximum atomic E-state index is 2.41. The van der Waals surface area contributed by atoms with Crippen LogP contribution in [0.1, 0.15) is 50.6 Å². The minimum absolute atomic E-state index is 0. The van der Waals surface area contributed by atoms with E-state index in [1.165, 1.54) is 44.1 Å². The van der Waals surface area contributed by atoms with Crippen LogP contribution < -0.4 is 17.3 Å². The molecule has 0 aliphatic heterocycles. The van der Waals surface area contributed by atoms with E-state index in [1.54, 1.807) is 0 Å². The van der Waals surface area contributed by atoms with Crippen molar-refractivity contribution in [1.29, 1.82) is 0 Å². The summed E-state index contributed by atoms with van der Waals surface area (Å²) >= 11 is 1.82. The van der Waals surface area contributed by atoms with Crippen LogP contribution in [0.2, 0.25) is 0 Å². The SMILES string of the molecule is CCN(CC)c1ccc(C(=C2C=CC(=[N+](CC)CC)C=C2C)c2cccs2)c(C)c1.[Cl-]. The van der Waals surface area contributed by atoms with Crippen molar-refractivity contribution >= 4 is 28.3 Å². The number of aryl methyl sites for hydroxylation is 1.